The third-order valence-corrected chi connectivity index (χ3v) is 5.63. The largest absolute Gasteiger partial charge is 0.465 e. The fourth-order valence-corrected chi connectivity index (χ4v) is 3.82. The van der Waals surface area contributed by atoms with E-state index in [0.29, 0.717) is 12.8 Å². The number of rotatable bonds is 10. The average molecular weight is 539 g/mol. The van der Waals surface area contributed by atoms with Gasteiger partial charge in [0.2, 0.25) is 0 Å². The maximum Gasteiger partial charge on any atom is 0.407 e. The van der Waals surface area contributed by atoms with Crippen LogP contribution in [0.25, 0.3) is 0 Å². The molecule has 9 nitrogen and oxygen atoms in total. The van der Waals surface area contributed by atoms with Gasteiger partial charge in [-0.1, -0.05) is 60.7 Å². The molecule has 0 fully saturated rings. The van der Waals surface area contributed by atoms with Crippen LogP contribution in [0.2, 0.25) is 0 Å². The third kappa shape index (κ3) is 10.2. The Hall–Kier alpha value is -3.92. The molecular formula is C28H34N4O5S. The van der Waals surface area contributed by atoms with E-state index in [0.717, 1.165) is 11.1 Å². The number of ether oxygens (including phenoxy) is 3. The second-order valence-electron chi connectivity index (χ2n) is 9.61. The lowest BCUT2D eigenvalue weighted by Gasteiger charge is -2.29. The smallest absolute Gasteiger partial charge is 0.407 e. The molecule has 0 spiro atoms. The molecule has 3 rings (SSSR count). The van der Waals surface area contributed by atoms with Gasteiger partial charge < -0.3 is 24.8 Å². The van der Waals surface area contributed by atoms with E-state index in [-0.39, 0.29) is 18.3 Å². The van der Waals surface area contributed by atoms with Crippen molar-refractivity contribution >= 4 is 29.6 Å². The van der Waals surface area contributed by atoms with Gasteiger partial charge in [0.25, 0.3) is 5.17 Å². The van der Waals surface area contributed by atoms with Crippen molar-refractivity contribution in [1.29, 1.82) is 0 Å². The van der Waals surface area contributed by atoms with Crippen LogP contribution in [0, 0.1) is 0 Å². The highest BCUT2D eigenvalue weighted by molar-refractivity contribution is 7.80. The van der Waals surface area contributed by atoms with Gasteiger partial charge in [0, 0.05) is 25.4 Å². The number of aromatic nitrogens is 2. The van der Waals surface area contributed by atoms with Crippen molar-refractivity contribution in [2.75, 3.05) is 6.54 Å². The Kier molecular flexibility index (Phi) is 10.7. The predicted octanol–water partition coefficient (Wildman–Crippen LogP) is 4.85. The maximum absolute atomic E-state index is 12.8. The normalized spacial score (nSPS) is 12.6. The Morgan fingerprint density at radius 2 is 1.66 bits per heavy atom. The lowest BCUT2D eigenvalue weighted by molar-refractivity contribution is 0.0511. The summed E-state index contributed by atoms with van der Waals surface area (Å²) in [5.74, 6) is 0. The maximum atomic E-state index is 12.8. The molecule has 0 bridgehead atoms. The highest BCUT2D eigenvalue weighted by atomic mass is 32.1. The molecule has 2 aromatic carbocycles. The summed E-state index contributed by atoms with van der Waals surface area (Å²) in [4.78, 5) is 29.1. The monoisotopic (exact) mass is 538 g/mol. The molecule has 38 heavy (non-hydrogen) atoms. The van der Waals surface area contributed by atoms with Gasteiger partial charge in [-0.15, -0.1) is 0 Å². The molecule has 2 amide bonds. The Balaban J connectivity index is 1.74. The number of hydrogen-bond acceptors (Lipinski definition) is 7. The van der Waals surface area contributed by atoms with Gasteiger partial charge in [-0.25, -0.2) is 14.6 Å². The summed E-state index contributed by atoms with van der Waals surface area (Å²) in [6.45, 7) is 5.75. The van der Waals surface area contributed by atoms with Crippen molar-refractivity contribution in [3.63, 3.8) is 0 Å². The summed E-state index contributed by atoms with van der Waals surface area (Å²) in [5.41, 5.74) is 1.24. The Bertz CT molecular complexity index is 1150. The van der Waals surface area contributed by atoms with Crippen LogP contribution in [-0.2, 0) is 27.2 Å². The minimum atomic E-state index is -0.622. The van der Waals surface area contributed by atoms with E-state index in [4.69, 9.17) is 26.4 Å². The minimum absolute atomic E-state index is 0.129. The number of hydrogen-bond donors (Lipinski definition) is 2. The van der Waals surface area contributed by atoms with Crippen molar-refractivity contribution in [3.8, 4) is 0 Å². The summed E-state index contributed by atoms with van der Waals surface area (Å²) in [6.07, 6.45) is 3.85. The summed E-state index contributed by atoms with van der Waals surface area (Å²) < 4.78 is 18.5. The first kappa shape index (κ1) is 28.6. The molecule has 0 saturated carbocycles. The quantitative estimate of drug-likeness (QED) is 0.356. The van der Waals surface area contributed by atoms with Gasteiger partial charge in [0.15, 0.2) is 0 Å². The molecule has 0 aliphatic heterocycles. The first-order valence-electron chi connectivity index (χ1n) is 12.4. The van der Waals surface area contributed by atoms with Crippen LogP contribution in [0.4, 0.5) is 9.59 Å². The molecule has 0 aliphatic rings. The number of carbonyl (C=O) groups is 2. The van der Waals surface area contributed by atoms with Gasteiger partial charge in [-0.2, -0.15) is 0 Å². The number of nitrogens with zero attached hydrogens (tertiary/aromatic N) is 2. The second-order valence-corrected chi connectivity index (χ2v) is 9.96. The number of nitrogens with one attached hydrogen (secondary N) is 2. The van der Waals surface area contributed by atoms with Crippen LogP contribution < -0.4 is 10.6 Å². The van der Waals surface area contributed by atoms with E-state index >= 15 is 0 Å². The first-order valence-corrected chi connectivity index (χ1v) is 12.8. The first-order chi connectivity index (χ1) is 18.2. The number of thiocarbonyl (C=S) groups is 1. The van der Waals surface area contributed by atoms with Gasteiger partial charge in [-0.05, 0) is 50.5 Å². The van der Waals surface area contributed by atoms with Crippen molar-refractivity contribution in [3.05, 3.63) is 90.5 Å². The summed E-state index contributed by atoms with van der Waals surface area (Å²) in [6, 6.07) is 18.6. The number of alkyl carbamates (subject to hydrolysis) is 2. The Morgan fingerprint density at radius 3 is 2.26 bits per heavy atom. The molecule has 2 atom stereocenters. The van der Waals surface area contributed by atoms with E-state index in [9.17, 15) is 9.59 Å². The standard InChI is InChI=1S/C28H34N4O5S/c1-28(2,3)37-25(33)30-15-14-24(36-27(38)32-17-16-29-20-32)23(18-21-10-6-4-7-11-21)31-26(34)35-19-22-12-8-5-9-13-22/h4-13,16-17,20,23-24H,14-15,18-19H2,1-3H3,(H,30,33)(H,31,34)/t23-,24-/m0/s1. The molecule has 0 aliphatic carbocycles. The van der Waals surface area contributed by atoms with Gasteiger partial charge in [0.1, 0.15) is 24.6 Å². The van der Waals surface area contributed by atoms with Crippen LogP contribution in [0.15, 0.2) is 79.4 Å². The van der Waals surface area contributed by atoms with Crippen molar-refractivity contribution in [1.82, 2.24) is 20.2 Å². The molecule has 2 N–H and O–H groups in total. The lowest BCUT2D eigenvalue weighted by atomic mass is 9.99. The average Bonchev–Trinajstić information content (AvgIpc) is 3.42. The zero-order valence-corrected chi connectivity index (χ0v) is 22.6. The molecular weight excluding hydrogens is 504 g/mol. The molecule has 0 unspecified atom stereocenters. The number of amides is 2. The SMILES string of the molecule is CC(C)(C)OC(=O)NCC[C@H](OC(=S)n1ccnc1)[C@H](Cc1ccccc1)NC(=O)OCc1ccccc1. The number of carbonyl (C=O) groups excluding carboxylic acids is 2. The highest BCUT2D eigenvalue weighted by Gasteiger charge is 2.28. The number of imidazole rings is 1. The van der Waals surface area contributed by atoms with Crippen molar-refractivity contribution in [2.24, 2.45) is 0 Å². The summed E-state index contributed by atoms with van der Waals surface area (Å²) in [7, 11) is 0. The third-order valence-electron chi connectivity index (χ3n) is 5.33. The van der Waals surface area contributed by atoms with Crippen molar-refractivity contribution < 1.29 is 23.8 Å². The topological polar surface area (TPSA) is 104 Å². The molecule has 1 aromatic heterocycles. The van der Waals surface area contributed by atoms with E-state index < -0.39 is 29.9 Å². The minimum Gasteiger partial charge on any atom is -0.465 e. The zero-order chi connectivity index (χ0) is 27.4. The van der Waals surface area contributed by atoms with Crippen LogP contribution >= 0.6 is 12.2 Å². The van der Waals surface area contributed by atoms with E-state index in [1.807, 2.05) is 60.7 Å². The lowest BCUT2D eigenvalue weighted by Crippen LogP contribution is -2.48. The van der Waals surface area contributed by atoms with E-state index in [2.05, 4.69) is 15.6 Å². The zero-order valence-electron chi connectivity index (χ0n) is 21.8. The molecule has 0 saturated heterocycles. The van der Waals surface area contributed by atoms with E-state index in [1.54, 1.807) is 37.7 Å². The van der Waals surface area contributed by atoms with Gasteiger partial charge in [-0.3, -0.25) is 4.57 Å². The van der Waals surface area contributed by atoms with Crippen LogP contribution in [-0.4, -0.2) is 51.2 Å². The molecule has 3 aromatic rings. The fourth-order valence-electron chi connectivity index (χ4n) is 3.59. The second kappa shape index (κ2) is 14.1. The van der Waals surface area contributed by atoms with E-state index in [1.165, 1.54) is 6.33 Å². The molecule has 10 heteroatoms. The van der Waals surface area contributed by atoms with Crippen LogP contribution in [0.1, 0.15) is 38.3 Å². The van der Waals surface area contributed by atoms with Crippen molar-refractivity contribution in [2.45, 2.75) is 58.0 Å². The fraction of sp³-hybridized carbons (Fsp3) is 0.357. The molecule has 0 radical (unpaired) electrons. The summed E-state index contributed by atoms with van der Waals surface area (Å²) >= 11 is 5.48. The predicted molar refractivity (Wildman–Crippen MR) is 148 cm³/mol. The van der Waals surface area contributed by atoms with Crippen LogP contribution in [0.3, 0.4) is 0 Å². The number of benzene rings is 2. The summed E-state index contributed by atoms with van der Waals surface area (Å²) in [5, 5.41) is 5.87. The van der Waals surface area contributed by atoms with Gasteiger partial charge in [0.05, 0.1) is 6.04 Å². The van der Waals surface area contributed by atoms with Gasteiger partial charge >= 0.3 is 12.2 Å². The Morgan fingerprint density at radius 1 is 1.00 bits per heavy atom. The molecule has 202 valence electrons. The highest BCUT2D eigenvalue weighted by Crippen LogP contribution is 2.15. The van der Waals surface area contributed by atoms with Crippen LogP contribution in [0.5, 0.6) is 0 Å². The molecule has 1 heterocycles. The Labute approximate surface area is 228 Å².